The Morgan fingerprint density at radius 1 is 1.07 bits per heavy atom. The highest BCUT2D eigenvalue weighted by atomic mass is 28.3. The molecule has 0 unspecified atom stereocenters. The molecule has 1 N–H and O–H groups in total. The number of likely N-dealkylation sites (tertiary alicyclic amines) is 1. The molecular formula is C31H43N5O4Si. The van der Waals surface area contributed by atoms with Gasteiger partial charge in [-0.1, -0.05) is 56.4 Å². The number of benzene rings is 1. The van der Waals surface area contributed by atoms with Crippen LogP contribution in [-0.2, 0) is 22.8 Å². The highest BCUT2D eigenvalue weighted by molar-refractivity contribution is 6.76. The molecule has 1 saturated carbocycles. The number of rotatable bonds is 11. The molecule has 2 atom stereocenters. The normalized spacial score (nSPS) is 19.7. The Hall–Kier alpha value is -3.24. The van der Waals surface area contributed by atoms with Gasteiger partial charge in [0.05, 0.1) is 5.39 Å². The fourth-order valence-corrected chi connectivity index (χ4v) is 6.18. The fraction of sp³-hybridized carbons (Fsp3) is 0.548. The molecule has 9 nitrogen and oxygen atoms in total. The molecule has 0 spiro atoms. The van der Waals surface area contributed by atoms with Crippen LogP contribution in [0.5, 0.6) is 0 Å². The summed E-state index contributed by atoms with van der Waals surface area (Å²) in [6, 6.07) is 10.8. The molecule has 3 aromatic rings. The summed E-state index contributed by atoms with van der Waals surface area (Å²) in [6.07, 6.45) is 7.78. The highest BCUT2D eigenvalue weighted by Crippen LogP contribution is 2.35. The van der Waals surface area contributed by atoms with Crippen molar-refractivity contribution in [2.75, 3.05) is 18.5 Å². The first kappa shape index (κ1) is 29.3. The van der Waals surface area contributed by atoms with Gasteiger partial charge in [-0.25, -0.2) is 14.8 Å². The standard InChI is InChI=1S/C31H43N5O4Si/c1-22-13-14-25(17-36(22)31(38)40-19-23-9-6-5-7-10-23)34-29-27-26(28(37)24-11-8-12-24)18-35(30(27)33-20-32-29)21-39-15-16-41(2,3)4/h5-7,9-10,18,20,22,24-25H,8,11-17,19,21H2,1-4H3,(H,32,33,34)/t22-,25+/m0/s1. The molecule has 1 aromatic carbocycles. The maximum absolute atomic E-state index is 13.5. The summed E-state index contributed by atoms with van der Waals surface area (Å²) in [6.45, 7) is 10.8. The van der Waals surface area contributed by atoms with Crippen LogP contribution in [0.15, 0.2) is 42.9 Å². The highest BCUT2D eigenvalue weighted by Gasteiger charge is 2.33. The number of amides is 1. The van der Waals surface area contributed by atoms with Crippen LogP contribution >= 0.6 is 0 Å². The second kappa shape index (κ2) is 12.7. The van der Waals surface area contributed by atoms with Crippen LogP contribution in [0.2, 0.25) is 25.7 Å². The Kier molecular flexibility index (Phi) is 9.08. The van der Waals surface area contributed by atoms with E-state index < -0.39 is 8.07 Å². The van der Waals surface area contributed by atoms with Crippen molar-refractivity contribution < 1.29 is 19.1 Å². The predicted molar refractivity (Wildman–Crippen MR) is 163 cm³/mol. The van der Waals surface area contributed by atoms with Crippen LogP contribution in [0.3, 0.4) is 0 Å². The number of ether oxygens (including phenoxy) is 2. The SMILES string of the molecule is C[C@H]1CC[C@@H](Nc2ncnc3c2c(C(=O)C2CCC2)cn3COCC[Si](C)(C)C)CN1C(=O)OCc1ccccc1. The summed E-state index contributed by atoms with van der Waals surface area (Å²) in [7, 11) is -1.21. The first-order valence-electron chi connectivity index (χ1n) is 14.9. The third-order valence-corrected chi connectivity index (χ3v) is 9.99. The number of carbonyl (C=O) groups is 2. The van der Waals surface area contributed by atoms with Crippen LogP contribution < -0.4 is 5.32 Å². The molecular weight excluding hydrogens is 534 g/mol. The second-order valence-electron chi connectivity index (χ2n) is 12.7. The van der Waals surface area contributed by atoms with Gasteiger partial charge >= 0.3 is 6.09 Å². The van der Waals surface area contributed by atoms with Gasteiger partial charge in [-0.05, 0) is 44.2 Å². The maximum Gasteiger partial charge on any atom is 0.410 e. The van der Waals surface area contributed by atoms with Crippen LogP contribution in [-0.4, -0.2) is 64.6 Å². The van der Waals surface area contributed by atoms with Gasteiger partial charge in [0, 0.05) is 51.0 Å². The van der Waals surface area contributed by atoms with E-state index in [1.807, 2.05) is 41.1 Å². The van der Waals surface area contributed by atoms with E-state index in [2.05, 4.69) is 41.8 Å². The van der Waals surface area contributed by atoms with E-state index in [4.69, 9.17) is 9.47 Å². The smallest absolute Gasteiger partial charge is 0.410 e. The third kappa shape index (κ3) is 7.16. The molecule has 2 fully saturated rings. The number of ketones is 1. The lowest BCUT2D eigenvalue weighted by atomic mass is 9.80. The Balaban J connectivity index is 1.33. The van der Waals surface area contributed by atoms with Crippen molar-refractivity contribution in [1.82, 2.24) is 19.4 Å². The topological polar surface area (TPSA) is 98.6 Å². The summed E-state index contributed by atoms with van der Waals surface area (Å²) in [5, 5.41) is 4.32. The Labute approximate surface area is 243 Å². The molecule has 1 aliphatic carbocycles. The van der Waals surface area contributed by atoms with Crippen molar-refractivity contribution in [2.45, 2.75) is 90.1 Å². The molecule has 1 amide bonds. The largest absolute Gasteiger partial charge is 0.445 e. The Bertz CT molecular complexity index is 1350. The van der Waals surface area contributed by atoms with Crippen molar-refractivity contribution in [3.63, 3.8) is 0 Å². The average Bonchev–Trinajstić information content (AvgIpc) is 3.29. The van der Waals surface area contributed by atoms with Gasteiger partial charge in [-0.15, -0.1) is 0 Å². The first-order valence-corrected chi connectivity index (χ1v) is 18.6. The summed E-state index contributed by atoms with van der Waals surface area (Å²) in [5.74, 6) is 0.847. The molecule has 0 bridgehead atoms. The summed E-state index contributed by atoms with van der Waals surface area (Å²) in [5.41, 5.74) is 2.31. The third-order valence-electron chi connectivity index (χ3n) is 8.28. The van der Waals surface area contributed by atoms with Crippen molar-refractivity contribution >= 4 is 36.8 Å². The van der Waals surface area contributed by atoms with Crippen molar-refractivity contribution in [3.8, 4) is 0 Å². The quantitative estimate of drug-likeness (QED) is 0.162. The molecule has 5 rings (SSSR count). The summed E-state index contributed by atoms with van der Waals surface area (Å²) >= 11 is 0. The minimum Gasteiger partial charge on any atom is -0.445 e. The van der Waals surface area contributed by atoms with E-state index >= 15 is 0 Å². The maximum atomic E-state index is 13.5. The fourth-order valence-electron chi connectivity index (χ4n) is 5.42. The minimum absolute atomic E-state index is 0.0309. The lowest BCUT2D eigenvalue weighted by Crippen LogP contribution is -2.49. The van der Waals surface area contributed by atoms with Gasteiger partial charge in [0.2, 0.25) is 0 Å². The monoisotopic (exact) mass is 577 g/mol. The number of anilines is 1. The van der Waals surface area contributed by atoms with Crippen LogP contribution in [0.25, 0.3) is 11.0 Å². The zero-order valence-corrected chi connectivity index (χ0v) is 25.8. The number of hydrogen-bond acceptors (Lipinski definition) is 7. The minimum atomic E-state index is -1.21. The molecule has 1 saturated heterocycles. The van der Waals surface area contributed by atoms with Gasteiger partial charge in [0.25, 0.3) is 0 Å². The van der Waals surface area contributed by atoms with E-state index in [1.165, 1.54) is 6.33 Å². The zero-order chi connectivity index (χ0) is 29.0. The summed E-state index contributed by atoms with van der Waals surface area (Å²) < 4.78 is 13.6. The molecule has 10 heteroatoms. The van der Waals surface area contributed by atoms with Gasteiger partial charge < -0.3 is 24.3 Å². The van der Waals surface area contributed by atoms with Gasteiger partial charge in [0.15, 0.2) is 5.78 Å². The van der Waals surface area contributed by atoms with Crippen molar-refractivity contribution in [3.05, 3.63) is 54.0 Å². The van der Waals surface area contributed by atoms with Crippen LogP contribution in [0.1, 0.15) is 54.9 Å². The molecule has 3 heterocycles. The van der Waals surface area contributed by atoms with E-state index in [-0.39, 0.29) is 36.5 Å². The number of carbonyl (C=O) groups excluding carboxylic acids is 2. The molecule has 2 aliphatic rings. The molecule has 2 aromatic heterocycles. The summed E-state index contributed by atoms with van der Waals surface area (Å²) in [4.78, 5) is 37.5. The number of piperidine rings is 1. The second-order valence-corrected chi connectivity index (χ2v) is 18.4. The molecule has 220 valence electrons. The molecule has 0 radical (unpaired) electrons. The van der Waals surface area contributed by atoms with E-state index in [0.29, 0.717) is 36.9 Å². The predicted octanol–water partition coefficient (Wildman–Crippen LogP) is 6.33. The van der Waals surface area contributed by atoms with E-state index in [0.717, 1.165) is 49.1 Å². The number of Topliss-reactive ketones (excluding diaryl/α,β-unsaturated/α-hetero) is 1. The average molecular weight is 578 g/mol. The van der Waals surface area contributed by atoms with Gasteiger partial charge in [0.1, 0.15) is 31.1 Å². The molecule has 41 heavy (non-hydrogen) atoms. The van der Waals surface area contributed by atoms with Crippen molar-refractivity contribution in [1.29, 1.82) is 0 Å². The lowest BCUT2D eigenvalue weighted by Gasteiger charge is -2.37. The van der Waals surface area contributed by atoms with Gasteiger partial charge in [-0.3, -0.25) is 4.79 Å². The van der Waals surface area contributed by atoms with Gasteiger partial charge in [-0.2, -0.15) is 0 Å². The number of fused-ring (bicyclic) bond motifs is 1. The first-order chi connectivity index (χ1) is 19.7. The Morgan fingerprint density at radius 3 is 2.56 bits per heavy atom. The number of hydrogen-bond donors (Lipinski definition) is 1. The van der Waals surface area contributed by atoms with Crippen LogP contribution in [0, 0.1) is 5.92 Å². The van der Waals surface area contributed by atoms with E-state index in [9.17, 15) is 9.59 Å². The number of nitrogens with one attached hydrogen (secondary N) is 1. The number of aromatic nitrogens is 3. The van der Waals surface area contributed by atoms with Crippen LogP contribution in [0.4, 0.5) is 10.6 Å². The Morgan fingerprint density at radius 2 is 1.85 bits per heavy atom. The number of nitrogens with zero attached hydrogens (tertiary/aromatic N) is 4. The van der Waals surface area contributed by atoms with E-state index in [1.54, 1.807) is 4.90 Å². The molecule has 1 aliphatic heterocycles. The van der Waals surface area contributed by atoms with Crippen molar-refractivity contribution in [2.24, 2.45) is 5.92 Å². The lowest BCUT2D eigenvalue weighted by molar-refractivity contribution is 0.0695. The zero-order valence-electron chi connectivity index (χ0n) is 24.8.